The summed E-state index contributed by atoms with van der Waals surface area (Å²) in [7, 11) is 0. The molecular formula is C2HF3O2Tm. The smallest absolute Gasteiger partial charge is 0.475 e. The van der Waals surface area contributed by atoms with Gasteiger partial charge in [0, 0.05) is 36.9 Å². The van der Waals surface area contributed by atoms with Gasteiger partial charge in [0.2, 0.25) is 0 Å². The average Bonchev–Trinajstić information content (AvgIpc) is 1.31. The fourth-order valence-electron chi connectivity index (χ4n) is 0. The molecule has 1 N–H and O–H groups in total. The van der Waals surface area contributed by atoms with Gasteiger partial charge < -0.3 is 5.11 Å². The number of carboxylic acid groups (broad SMARTS) is 1. The SMILES string of the molecule is O=C(O)C(F)(F)F.[Tm]. The number of carbonyl (C=O) groups is 1. The minimum atomic E-state index is -5.08. The molecule has 0 heterocycles. The molecule has 0 saturated heterocycles. The van der Waals surface area contributed by atoms with Gasteiger partial charge in [-0.2, -0.15) is 13.2 Å². The zero-order valence-electron chi connectivity index (χ0n) is 3.27. The Bertz CT molecular complexity index is 87.8. The normalized spacial score (nSPS) is 9.88. The Morgan fingerprint density at radius 3 is 1.50 bits per heavy atom. The maximum atomic E-state index is 10.6. The summed E-state index contributed by atoms with van der Waals surface area (Å²) in [6.07, 6.45) is -5.08. The number of alkyl halides is 3. The molecule has 0 aromatic carbocycles. The molecule has 0 atom stereocenters. The Hall–Kier alpha value is 0.494. The van der Waals surface area contributed by atoms with E-state index in [1.165, 1.54) is 0 Å². The van der Waals surface area contributed by atoms with E-state index < -0.39 is 12.1 Å². The minimum Gasteiger partial charge on any atom is -0.475 e. The van der Waals surface area contributed by atoms with Crippen LogP contribution in [0.4, 0.5) is 13.2 Å². The predicted molar refractivity (Wildman–Crippen MR) is 13.7 cm³/mol. The van der Waals surface area contributed by atoms with Crippen molar-refractivity contribution in [1.29, 1.82) is 0 Å². The van der Waals surface area contributed by atoms with E-state index in [0.29, 0.717) is 0 Å². The summed E-state index contributed by atoms with van der Waals surface area (Å²) >= 11 is 0. The summed E-state index contributed by atoms with van der Waals surface area (Å²) in [4.78, 5) is 8.90. The van der Waals surface area contributed by atoms with Gasteiger partial charge in [-0.25, -0.2) is 4.79 Å². The molecule has 6 heteroatoms. The average molecular weight is 283 g/mol. The number of halogens is 3. The van der Waals surface area contributed by atoms with Crippen LogP contribution in [0.15, 0.2) is 0 Å². The van der Waals surface area contributed by atoms with E-state index >= 15 is 0 Å². The van der Waals surface area contributed by atoms with Crippen molar-refractivity contribution in [3.8, 4) is 0 Å². The van der Waals surface area contributed by atoms with E-state index in [0.717, 1.165) is 0 Å². The van der Waals surface area contributed by atoms with Crippen LogP contribution in [0.3, 0.4) is 0 Å². The number of carboxylic acids is 1. The fourth-order valence-corrected chi connectivity index (χ4v) is 0. The van der Waals surface area contributed by atoms with E-state index in [1.807, 2.05) is 0 Å². The van der Waals surface area contributed by atoms with E-state index in [4.69, 9.17) is 9.90 Å². The quantitative estimate of drug-likeness (QED) is 0.708. The van der Waals surface area contributed by atoms with Crippen molar-refractivity contribution in [1.82, 2.24) is 0 Å². The van der Waals surface area contributed by atoms with Crippen LogP contribution in [0, 0.1) is 36.9 Å². The predicted octanol–water partition coefficient (Wildman–Crippen LogP) is 0.633. The van der Waals surface area contributed by atoms with E-state index in [2.05, 4.69) is 0 Å². The van der Waals surface area contributed by atoms with Gasteiger partial charge in [0.1, 0.15) is 0 Å². The van der Waals surface area contributed by atoms with Crippen LogP contribution in [0.2, 0.25) is 0 Å². The molecule has 0 aromatic heterocycles. The molecule has 0 aromatic rings. The number of hydrogen-bond acceptors (Lipinski definition) is 1. The van der Waals surface area contributed by atoms with Crippen molar-refractivity contribution in [3.63, 3.8) is 0 Å². The van der Waals surface area contributed by atoms with Crippen molar-refractivity contribution in [2.75, 3.05) is 0 Å². The van der Waals surface area contributed by atoms with Gasteiger partial charge in [0.05, 0.1) is 0 Å². The molecule has 0 aliphatic heterocycles. The molecule has 0 aliphatic rings. The Balaban J connectivity index is 0. The van der Waals surface area contributed by atoms with Crippen LogP contribution in [-0.2, 0) is 4.79 Å². The van der Waals surface area contributed by atoms with E-state index in [1.54, 1.807) is 0 Å². The fraction of sp³-hybridized carbons (Fsp3) is 0.500. The van der Waals surface area contributed by atoms with Crippen LogP contribution in [0.1, 0.15) is 0 Å². The molecule has 0 spiro atoms. The number of aliphatic carboxylic acids is 1. The third kappa shape index (κ3) is 4.65. The first-order valence-corrected chi connectivity index (χ1v) is 1.24. The van der Waals surface area contributed by atoms with Crippen molar-refractivity contribution >= 4 is 5.97 Å². The first-order chi connectivity index (χ1) is 2.94. The molecule has 0 rings (SSSR count). The van der Waals surface area contributed by atoms with Gasteiger partial charge in [-0.1, -0.05) is 0 Å². The van der Waals surface area contributed by atoms with Gasteiger partial charge in [0.15, 0.2) is 0 Å². The second-order valence-electron chi connectivity index (χ2n) is 0.803. The summed E-state index contributed by atoms with van der Waals surface area (Å²) in [6, 6.07) is 0. The summed E-state index contributed by atoms with van der Waals surface area (Å²) in [5.74, 6) is -2.76. The Morgan fingerprint density at radius 2 is 1.50 bits per heavy atom. The Kier molecular flexibility index (Phi) is 4.96. The van der Waals surface area contributed by atoms with Crippen LogP contribution in [-0.4, -0.2) is 17.3 Å². The number of hydrogen-bond donors (Lipinski definition) is 1. The summed E-state index contributed by atoms with van der Waals surface area (Å²) in [5, 5.41) is 7.12. The number of rotatable bonds is 0. The Morgan fingerprint density at radius 1 is 1.38 bits per heavy atom. The third-order valence-corrected chi connectivity index (χ3v) is 0.243. The standard InChI is InChI=1S/C2HF3O2.Tm/c3-2(4,5)1(6)7;/h(H,6,7);. The van der Waals surface area contributed by atoms with Gasteiger partial charge in [-0.15, -0.1) is 0 Å². The second-order valence-corrected chi connectivity index (χ2v) is 0.803. The van der Waals surface area contributed by atoms with Gasteiger partial charge in [-0.3, -0.25) is 0 Å². The Labute approximate surface area is 71.9 Å². The molecule has 0 fully saturated rings. The van der Waals surface area contributed by atoms with Crippen molar-refractivity contribution in [2.45, 2.75) is 6.18 Å². The molecule has 0 unspecified atom stereocenters. The molecule has 0 bridgehead atoms. The maximum absolute atomic E-state index is 10.6. The molecule has 0 aliphatic carbocycles. The first kappa shape index (κ1) is 11.3. The van der Waals surface area contributed by atoms with Gasteiger partial charge in [0.25, 0.3) is 0 Å². The van der Waals surface area contributed by atoms with Crippen LogP contribution >= 0.6 is 0 Å². The summed E-state index contributed by atoms with van der Waals surface area (Å²) in [6.45, 7) is 0. The molecule has 1 radical (unpaired) electrons. The molecule has 2 nitrogen and oxygen atoms in total. The maximum Gasteiger partial charge on any atom is 0.490 e. The molecular weight excluding hydrogens is 282 g/mol. The zero-order chi connectivity index (χ0) is 6.08. The topological polar surface area (TPSA) is 37.3 Å². The zero-order valence-corrected chi connectivity index (χ0v) is 5.05. The van der Waals surface area contributed by atoms with E-state index in [9.17, 15) is 13.2 Å². The van der Waals surface area contributed by atoms with Crippen LogP contribution in [0.25, 0.3) is 0 Å². The monoisotopic (exact) mass is 283 g/mol. The summed E-state index contributed by atoms with van der Waals surface area (Å²) in [5.41, 5.74) is 0. The van der Waals surface area contributed by atoms with Crippen LogP contribution < -0.4 is 0 Å². The summed E-state index contributed by atoms with van der Waals surface area (Å²) < 4.78 is 31.7. The third-order valence-electron chi connectivity index (χ3n) is 0.243. The molecule has 0 saturated carbocycles. The largest absolute Gasteiger partial charge is 0.490 e. The van der Waals surface area contributed by atoms with Gasteiger partial charge in [-0.05, 0) is 0 Å². The molecule has 8 heavy (non-hydrogen) atoms. The molecule has 55 valence electrons. The van der Waals surface area contributed by atoms with Gasteiger partial charge >= 0.3 is 12.1 Å². The van der Waals surface area contributed by atoms with Crippen molar-refractivity contribution < 1.29 is 59.9 Å². The van der Waals surface area contributed by atoms with E-state index in [-0.39, 0.29) is 36.9 Å². The second kappa shape index (κ2) is 3.51. The minimum absolute atomic E-state index is 0. The van der Waals surface area contributed by atoms with Crippen molar-refractivity contribution in [2.24, 2.45) is 0 Å². The van der Waals surface area contributed by atoms with Crippen LogP contribution in [0.5, 0.6) is 0 Å². The first-order valence-electron chi connectivity index (χ1n) is 1.24. The van der Waals surface area contributed by atoms with Crippen molar-refractivity contribution in [3.05, 3.63) is 0 Å². The molecule has 0 amide bonds.